The molecule has 1 fully saturated rings. The van der Waals surface area contributed by atoms with Crippen molar-refractivity contribution in [3.05, 3.63) is 18.2 Å². The predicted octanol–water partition coefficient (Wildman–Crippen LogP) is 3.86. The molecular weight excluding hydrogens is 310 g/mol. The molecule has 128 valence electrons. The van der Waals surface area contributed by atoms with Gasteiger partial charge < -0.3 is 19.1 Å². The summed E-state index contributed by atoms with van der Waals surface area (Å²) in [5.74, 6) is 1.58. The third-order valence-corrected chi connectivity index (χ3v) is 4.37. The molecule has 1 aromatic carbocycles. The summed E-state index contributed by atoms with van der Waals surface area (Å²) in [5.41, 5.74) is 1.09. The molecule has 5 heteroatoms. The molecule has 0 aliphatic carbocycles. The molecule has 2 rings (SSSR count). The summed E-state index contributed by atoms with van der Waals surface area (Å²) in [4.78, 5) is 2.25. The van der Waals surface area contributed by atoms with Crippen LogP contribution in [0.4, 0.5) is 5.69 Å². The van der Waals surface area contributed by atoms with Gasteiger partial charge in [-0.05, 0) is 18.6 Å². The fourth-order valence-corrected chi connectivity index (χ4v) is 2.95. The molecule has 1 heterocycles. The van der Waals surface area contributed by atoms with Gasteiger partial charge in [-0.2, -0.15) is 0 Å². The van der Waals surface area contributed by atoms with E-state index in [1.54, 1.807) is 12.5 Å². The molecule has 1 aromatic rings. The molecule has 1 aliphatic heterocycles. The van der Waals surface area contributed by atoms with Crippen LogP contribution in [0.1, 0.15) is 32.6 Å². The molecule has 1 aliphatic rings. The first-order valence-electron chi connectivity index (χ1n) is 8.40. The smallest absolute Gasteiger partial charge is 0.162 e. The zero-order valence-corrected chi connectivity index (χ0v) is 14.9. The summed E-state index contributed by atoms with van der Waals surface area (Å²) in [6, 6.07) is 6.22. The van der Waals surface area contributed by atoms with Crippen LogP contribution in [0.3, 0.4) is 0 Å². The second-order valence-electron chi connectivity index (χ2n) is 5.72. The van der Waals surface area contributed by atoms with Crippen LogP contribution < -0.4 is 14.4 Å². The molecule has 23 heavy (non-hydrogen) atoms. The molecule has 4 nitrogen and oxygen atoms in total. The molecule has 0 aromatic heterocycles. The molecule has 0 N–H and O–H groups in total. The Kier molecular flexibility index (Phi) is 7.62. The quantitative estimate of drug-likeness (QED) is 0.504. The van der Waals surface area contributed by atoms with Crippen molar-refractivity contribution >= 4 is 23.3 Å². The van der Waals surface area contributed by atoms with Gasteiger partial charge in [-0.15, -0.1) is 0 Å². The van der Waals surface area contributed by atoms with Crippen molar-refractivity contribution in [1.29, 1.82) is 0 Å². The summed E-state index contributed by atoms with van der Waals surface area (Å²) in [6.45, 7) is 5.13. The molecule has 0 bridgehead atoms. The topological polar surface area (TPSA) is 30.9 Å². The van der Waals surface area contributed by atoms with Gasteiger partial charge in [0.05, 0.1) is 33.0 Å². The number of methoxy groups -OCH3 is 1. The first-order chi connectivity index (χ1) is 11.3. The lowest BCUT2D eigenvalue weighted by Gasteiger charge is -2.35. The van der Waals surface area contributed by atoms with Crippen molar-refractivity contribution in [2.45, 2.75) is 38.6 Å². The summed E-state index contributed by atoms with van der Waals surface area (Å²) < 4.78 is 16.9. The van der Waals surface area contributed by atoms with E-state index >= 15 is 0 Å². The number of rotatable bonds is 9. The molecule has 1 saturated heterocycles. The highest BCUT2D eigenvalue weighted by atomic mass is 32.1. The van der Waals surface area contributed by atoms with Crippen LogP contribution in [0.5, 0.6) is 11.5 Å². The van der Waals surface area contributed by atoms with Crippen molar-refractivity contribution in [2.75, 3.05) is 38.4 Å². The maximum atomic E-state index is 5.87. The van der Waals surface area contributed by atoms with Crippen LogP contribution in [0.15, 0.2) is 18.2 Å². The average molecular weight is 337 g/mol. The highest BCUT2D eigenvalue weighted by Crippen LogP contribution is 2.33. The number of hydrogen-bond acceptors (Lipinski definition) is 5. The van der Waals surface area contributed by atoms with Crippen LogP contribution >= 0.6 is 12.2 Å². The average Bonchev–Trinajstić information content (AvgIpc) is 2.61. The predicted molar refractivity (Wildman–Crippen MR) is 98.2 cm³/mol. The van der Waals surface area contributed by atoms with Gasteiger partial charge in [-0.3, -0.25) is 0 Å². The Morgan fingerprint density at radius 2 is 2.17 bits per heavy atom. The van der Waals surface area contributed by atoms with Crippen molar-refractivity contribution in [1.82, 2.24) is 0 Å². The van der Waals surface area contributed by atoms with E-state index in [1.165, 1.54) is 19.3 Å². The van der Waals surface area contributed by atoms with E-state index in [9.17, 15) is 0 Å². The standard InChI is InChI=1S/C18H27NO3S/c1-3-4-5-6-10-22-17-8-7-15(12-18(17)20-2)19-9-11-21-13-16(19)14-23/h7-8,12,14,16H,3-6,9-11,13H2,1-2H3. The first-order valence-corrected chi connectivity index (χ1v) is 8.87. The van der Waals surface area contributed by atoms with Crippen LogP contribution in [-0.2, 0) is 4.74 Å². The number of benzene rings is 1. The number of nitrogens with zero attached hydrogens (tertiary/aromatic N) is 1. The van der Waals surface area contributed by atoms with Gasteiger partial charge in [-0.25, -0.2) is 0 Å². The van der Waals surface area contributed by atoms with Crippen LogP contribution in [-0.4, -0.2) is 44.9 Å². The normalized spacial score (nSPS) is 17.8. The lowest BCUT2D eigenvalue weighted by Crippen LogP contribution is -2.46. The summed E-state index contributed by atoms with van der Waals surface area (Å²) in [5, 5.41) is 1.77. The minimum atomic E-state index is 0.129. The molecule has 0 amide bonds. The minimum Gasteiger partial charge on any atom is -0.493 e. The highest BCUT2D eigenvalue weighted by Gasteiger charge is 2.22. The number of ether oxygens (including phenoxy) is 3. The number of anilines is 1. The molecule has 1 unspecified atom stereocenters. The van der Waals surface area contributed by atoms with Gasteiger partial charge in [0.15, 0.2) is 11.5 Å². The zero-order valence-electron chi connectivity index (χ0n) is 14.1. The van der Waals surface area contributed by atoms with Crippen molar-refractivity contribution < 1.29 is 14.2 Å². The monoisotopic (exact) mass is 337 g/mol. The number of thiocarbonyl (C=S) groups is 1. The second-order valence-corrected chi connectivity index (χ2v) is 5.99. The molecule has 0 radical (unpaired) electrons. The highest BCUT2D eigenvalue weighted by molar-refractivity contribution is 7.79. The molecule has 0 saturated carbocycles. The number of unbranched alkanes of at least 4 members (excludes halogenated alkanes) is 3. The van der Waals surface area contributed by atoms with Crippen molar-refractivity contribution in [2.24, 2.45) is 0 Å². The third kappa shape index (κ3) is 5.08. The minimum absolute atomic E-state index is 0.129. The Bertz CT molecular complexity index is 495. The summed E-state index contributed by atoms with van der Waals surface area (Å²) in [6.07, 6.45) is 4.78. The van der Waals surface area contributed by atoms with Crippen molar-refractivity contribution in [3.8, 4) is 11.5 Å². The van der Waals surface area contributed by atoms with E-state index in [-0.39, 0.29) is 6.04 Å². The van der Waals surface area contributed by atoms with Gasteiger partial charge >= 0.3 is 0 Å². The second kappa shape index (κ2) is 9.73. The van der Waals surface area contributed by atoms with Crippen molar-refractivity contribution in [3.63, 3.8) is 0 Å². The number of morpholine rings is 1. The first kappa shape index (κ1) is 18.0. The van der Waals surface area contributed by atoms with Gasteiger partial charge in [0.2, 0.25) is 0 Å². The molecule has 0 spiro atoms. The zero-order chi connectivity index (χ0) is 16.5. The lowest BCUT2D eigenvalue weighted by molar-refractivity contribution is 0.111. The van der Waals surface area contributed by atoms with Gasteiger partial charge in [0, 0.05) is 23.7 Å². The SMILES string of the molecule is CCCCCCOc1ccc(N2CCOCC2C=S)cc1OC. The fourth-order valence-electron chi connectivity index (χ4n) is 2.72. The molecule has 1 atom stereocenters. The Hall–Kier alpha value is -1.33. The maximum absolute atomic E-state index is 5.87. The van der Waals surface area contributed by atoms with Gasteiger partial charge in [0.1, 0.15) is 0 Å². The third-order valence-electron chi connectivity index (χ3n) is 4.06. The van der Waals surface area contributed by atoms with E-state index in [1.807, 2.05) is 12.1 Å². The van der Waals surface area contributed by atoms with E-state index in [2.05, 4.69) is 17.9 Å². The van der Waals surface area contributed by atoms with Gasteiger partial charge in [0.25, 0.3) is 0 Å². The molecular formula is C18H27NO3S. The van der Waals surface area contributed by atoms with E-state index < -0.39 is 0 Å². The summed E-state index contributed by atoms with van der Waals surface area (Å²) >= 11 is 5.13. The Morgan fingerprint density at radius 1 is 1.30 bits per heavy atom. The number of hydrogen-bond donors (Lipinski definition) is 0. The van der Waals surface area contributed by atoms with E-state index in [0.717, 1.165) is 43.4 Å². The largest absolute Gasteiger partial charge is 0.493 e. The van der Waals surface area contributed by atoms with Gasteiger partial charge in [-0.1, -0.05) is 38.4 Å². The summed E-state index contributed by atoms with van der Waals surface area (Å²) in [7, 11) is 1.68. The van der Waals surface area contributed by atoms with Crippen LogP contribution in [0.25, 0.3) is 0 Å². The lowest BCUT2D eigenvalue weighted by atomic mass is 10.2. The van der Waals surface area contributed by atoms with E-state index in [4.69, 9.17) is 26.4 Å². The fraction of sp³-hybridized carbons (Fsp3) is 0.611. The Morgan fingerprint density at radius 3 is 2.91 bits per heavy atom. The van der Waals surface area contributed by atoms with Crippen LogP contribution in [0, 0.1) is 0 Å². The van der Waals surface area contributed by atoms with Crippen LogP contribution in [0.2, 0.25) is 0 Å². The maximum Gasteiger partial charge on any atom is 0.162 e. The Labute approximate surface area is 144 Å². The Balaban J connectivity index is 2.02. The van der Waals surface area contributed by atoms with E-state index in [0.29, 0.717) is 6.61 Å².